The third kappa shape index (κ3) is 1.93. The highest BCUT2D eigenvalue weighted by molar-refractivity contribution is 9.09. The number of carbonyl (C=O) groups is 1. The van der Waals surface area contributed by atoms with Crippen molar-refractivity contribution in [3.8, 4) is 6.07 Å². The van der Waals surface area contributed by atoms with E-state index in [1.165, 1.54) is 0 Å². The summed E-state index contributed by atoms with van der Waals surface area (Å²) in [4.78, 5) is 17.5. The third-order valence-electron chi connectivity index (χ3n) is 2.59. The normalized spacial score (nSPS) is 19.9. The van der Waals surface area contributed by atoms with Gasteiger partial charge in [0, 0.05) is 24.5 Å². The zero-order valence-corrected chi connectivity index (χ0v) is 10.1. The lowest BCUT2D eigenvalue weighted by Gasteiger charge is -2.15. The predicted octanol–water partition coefficient (Wildman–Crippen LogP) is 1.70. The molecule has 0 aliphatic carbocycles. The minimum absolute atomic E-state index is 0.0413. The van der Waals surface area contributed by atoms with Crippen molar-refractivity contribution in [1.82, 2.24) is 4.98 Å². The molecule has 4 nitrogen and oxygen atoms in total. The molecular formula is C11H10BrN3O. The predicted molar refractivity (Wildman–Crippen MR) is 63.2 cm³/mol. The van der Waals surface area contributed by atoms with E-state index in [0.29, 0.717) is 30.3 Å². The number of anilines is 1. The molecule has 1 aliphatic rings. The van der Waals surface area contributed by atoms with Gasteiger partial charge in [0.25, 0.3) is 0 Å². The highest BCUT2D eigenvalue weighted by Gasteiger charge is 2.31. The second kappa shape index (κ2) is 4.62. The van der Waals surface area contributed by atoms with Crippen LogP contribution < -0.4 is 4.90 Å². The lowest BCUT2D eigenvalue weighted by Crippen LogP contribution is -2.26. The average molecular weight is 280 g/mol. The Hall–Kier alpha value is -1.41. The smallest absolute Gasteiger partial charge is 0.228 e. The zero-order valence-electron chi connectivity index (χ0n) is 8.56. The molecule has 0 N–H and O–H groups in total. The third-order valence-corrected chi connectivity index (χ3v) is 3.50. The average Bonchev–Trinajstić information content (AvgIpc) is 2.70. The second-order valence-corrected chi connectivity index (χ2v) is 4.36. The molecule has 1 unspecified atom stereocenters. The number of amides is 1. The lowest BCUT2D eigenvalue weighted by molar-refractivity contribution is -0.117. The summed E-state index contributed by atoms with van der Waals surface area (Å²) in [5, 5.41) is 9.75. The summed E-state index contributed by atoms with van der Waals surface area (Å²) in [6, 6.07) is 5.43. The maximum absolute atomic E-state index is 11.8. The number of aromatic nitrogens is 1. The molecule has 1 fully saturated rings. The van der Waals surface area contributed by atoms with Crippen molar-refractivity contribution in [1.29, 1.82) is 5.26 Å². The van der Waals surface area contributed by atoms with Crippen molar-refractivity contribution in [2.24, 2.45) is 5.92 Å². The molecule has 1 saturated heterocycles. The molecule has 1 aliphatic heterocycles. The van der Waals surface area contributed by atoms with E-state index in [-0.39, 0.29) is 5.91 Å². The topological polar surface area (TPSA) is 57.0 Å². The minimum Gasteiger partial charge on any atom is -0.295 e. The molecular weight excluding hydrogens is 270 g/mol. The summed E-state index contributed by atoms with van der Waals surface area (Å²) < 4.78 is 0. The molecule has 0 saturated carbocycles. The maximum Gasteiger partial charge on any atom is 0.228 e. The van der Waals surface area contributed by atoms with Crippen molar-refractivity contribution >= 4 is 27.7 Å². The highest BCUT2D eigenvalue weighted by atomic mass is 79.9. The Bertz CT molecular complexity index is 455. The van der Waals surface area contributed by atoms with Crippen LogP contribution in [0, 0.1) is 17.2 Å². The first kappa shape index (κ1) is 11.1. The molecule has 0 radical (unpaired) electrons. The Labute approximate surface area is 102 Å². The summed E-state index contributed by atoms with van der Waals surface area (Å²) in [7, 11) is 0. The van der Waals surface area contributed by atoms with Gasteiger partial charge in [-0.05, 0) is 18.1 Å². The molecule has 1 atom stereocenters. The minimum atomic E-state index is 0.0413. The Morgan fingerprint density at radius 1 is 1.69 bits per heavy atom. The van der Waals surface area contributed by atoms with Crippen LogP contribution in [0.3, 0.4) is 0 Å². The van der Waals surface area contributed by atoms with E-state index in [1.807, 2.05) is 0 Å². The van der Waals surface area contributed by atoms with Gasteiger partial charge in [0.2, 0.25) is 5.91 Å². The second-order valence-electron chi connectivity index (χ2n) is 3.72. The molecule has 1 aromatic rings. The van der Waals surface area contributed by atoms with Crippen LogP contribution in [0.25, 0.3) is 0 Å². The van der Waals surface area contributed by atoms with Gasteiger partial charge < -0.3 is 0 Å². The van der Waals surface area contributed by atoms with E-state index in [4.69, 9.17) is 5.26 Å². The fourth-order valence-electron chi connectivity index (χ4n) is 1.79. The largest absolute Gasteiger partial charge is 0.295 e. The number of alkyl halides is 1. The van der Waals surface area contributed by atoms with Crippen molar-refractivity contribution in [2.45, 2.75) is 6.42 Å². The van der Waals surface area contributed by atoms with Crippen LogP contribution >= 0.6 is 15.9 Å². The van der Waals surface area contributed by atoms with Gasteiger partial charge in [0.1, 0.15) is 6.07 Å². The fourth-order valence-corrected chi connectivity index (χ4v) is 2.22. The molecule has 0 spiro atoms. The Morgan fingerprint density at radius 2 is 2.50 bits per heavy atom. The van der Waals surface area contributed by atoms with Crippen molar-refractivity contribution in [3.05, 3.63) is 23.9 Å². The number of hydrogen-bond donors (Lipinski definition) is 0. The number of halogens is 1. The summed E-state index contributed by atoms with van der Waals surface area (Å²) in [5.41, 5.74) is 0.450. The van der Waals surface area contributed by atoms with Gasteiger partial charge in [0.15, 0.2) is 5.82 Å². The summed E-state index contributed by atoms with van der Waals surface area (Å²) in [6.45, 7) is 0.635. The summed E-state index contributed by atoms with van der Waals surface area (Å²) >= 11 is 3.38. The zero-order chi connectivity index (χ0) is 11.5. The Balaban J connectivity index is 2.32. The van der Waals surface area contributed by atoms with Crippen molar-refractivity contribution < 1.29 is 4.79 Å². The van der Waals surface area contributed by atoms with E-state index in [2.05, 4.69) is 27.0 Å². The Morgan fingerprint density at radius 3 is 3.12 bits per heavy atom. The van der Waals surface area contributed by atoms with E-state index >= 15 is 0 Å². The maximum atomic E-state index is 11.8. The van der Waals surface area contributed by atoms with Crippen LogP contribution in [-0.2, 0) is 4.79 Å². The van der Waals surface area contributed by atoms with Crippen molar-refractivity contribution in [3.63, 3.8) is 0 Å². The molecule has 0 aromatic carbocycles. The van der Waals surface area contributed by atoms with E-state index < -0.39 is 0 Å². The fraction of sp³-hybridized carbons (Fsp3) is 0.364. The summed E-state index contributed by atoms with van der Waals surface area (Å²) in [5.74, 6) is 0.833. The monoisotopic (exact) mass is 279 g/mol. The number of rotatable bonds is 2. The van der Waals surface area contributed by atoms with Crippen LogP contribution in [0.2, 0.25) is 0 Å². The van der Waals surface area contributed by atoms with Crippen molar-refractivity contribution in [2.75, 3.05) is 16.8 Å². The summed E-state index contributed by atoms with van der Waals surface area (Å²) in [6.07, 6.45) is 2.12. The molecule has 0 bridgehead atoms. The molecule has 2 rings (SSSR count). The lowest BCUT2D eigenvalue weighted by atomic mass is 10.2. The molecule has 1 aromatic heterocycles. The quantitative estimate of drug-likeness (QED) is 0.775. The van der Waals surface area contributed by atoms with E-state index in [0.717, 1.165) is 5.33 Å². The van der Waals surface area contributed by atoms with Crippen LogP contribution in [-0.4, -0.2) is 22.8 Å². The SMILES string of the molecule is N#Cc1cccnc1N1CC(CBr)CC1=O. The van der Waals surface area contributed by atoms with Crippen LogP contribution in [0.5, 0.6) is 0 Å². The molecule has 16 heavy (non-hydrogen) atoms. The van der Waals surface area contributed by atoms with E-state index in [1.54, 1.807) is 23.2 Å². The highest BCUT2D eigenvalue weighted by Crippen LogP contribution is 2.26. The number of carbonyl (C=O) groups excluding carboxylic acids is 1. The standard InChI is InChI=1S/C11H10BrN3O/c12-5-8-4-10(16)15(7-8)11-9(6-13)2-1-3-14-11/h1-3,8H,4-5,7H2. The van der Waals surface area contributed by atoms with Crippen LogP contribution in [0.4, 0.5) is 5.82 Å². The van der Waals surface area contributed by atoms with Gasteiger partial charge in [0.05, 0.1) is 5.56 Å². The van der Waals surface area contributed by atoms with Gasteiger partial charge >= 0.3 is 0 Å². The first-order valence-electron chi connectivity index (χ1n) is 4.97. The molecule has 2 heterocycles. The van der Waals surface area contributed by atoms with Gasteiger partial charge in [-0.1, -0.05) is 15.9 Å². The first-order chi connectivity index (χ1) is 7.76. The number of pyridine rings is 1. The number of nitriles is 1. The van der Waals surface area contributed by atoms with Crippen LogP contribution in [0.15, 0.2) is 18.3 Å². The van der Waals surface area contributed by atoms with Crippen LogP contribution in [0.1, 0.15) is 12.0 Å². The van der Waals surface area contributed by atoms with Gasteiger partial charge in [-0.25, -0.2) is 4.98 Å². The van der Waals surface area contributed by atoms with Gasteiger partial charge in [-0.3, -0.25) is 9.69 Å². The molecule has 1 amide bonds. The van der Waals surface area contributed by atoms with Gasteiger partial charge in [-0.2, -0.15) is 5.26 Å². The van der Waals surface area contributed by atoms with E-state index in [9.17, 15) is 4.79 Å². The molecule has 5 heteroatoms. The Kier molecular flexibility index (Phi) is 3.20. The number of hydrogen-bond acceptors (Lipinski definition) is 3. The molecule has 82 valence electrons. The first-order valence-corrected chi connectivity index (χ1v) is 6.10. The number of nitrogens with zero attached hydrogens (tertiary/aromatic N) is 3. The van der Waals surface area contributed by atoms with Gasteiger partial charge in [-0.15, -0.1) is 0 Å².